The molecule has 3 rings (SSSR count). The first-order chi connectivity index (χ1) is 17.5. The summed E-state index contributed by atoms with van der Waals surface area (Å²) < 4.78 is 11.4. The average Bonchev–Trinajstić information content (AvgIpc) is 3.09. The first kappa shape index (κ1) is 28.1. The van der Waals surface area contributed by atoms with Gasteiger partial charge < -0.3 is 29.5 Å². The fourth-order valence-electron chi connectivity index (χ4n) is 4.43. The molecule has 1 heterocycles. The van der Waals surface area contributed by atoms with Crippen LogP contribution in [0.15, 0.2) is 42.0 Å². The number of rotatable bonds is 11. The summed E-state index contributed by atoms with van der Waals surface area (Å²) in [5.74, 6) is -0.358. The van der Waals surface area contributed by atoms with E-state index in [1.165, 1.54) is 15.9 Å². The maximum Gasteiger partial charge on any atom is 0.295 e. The number of carbonyl (C=O) groups excluding carboxylic acids is 2. The van der Waals surface area contributed by atoms with Gasteiger partial charge in [-0.05, 0) is 61.2 Å². The molecule has 1 amide bonds. The molecule has 1 fully saturated rings. The Bertz CT molecular complexity index is 1170. The van der Waals surface area contributed by atoms with Gasteiger partial charge in [0.1, 0.15) is 11.5 Å². The minimum absolute atomic E-state index is 0.0225. The maximum atomic E-state index is 13.3. The third kappa shape index (κ3) is 6.43. The van der Waals surface area contributed by atoms with Crippen molar-refractivity contribution < 1.29 is 34.2 Å². The Morgan fingerprint density at radius 3 is 2.46 bits per heavy atom. The number of hydrogen-bond donors (Lipinski definition) is 3. The number of ether oxygens (including phenoxy) is 2. The summed E-state index contributed by atoms with van der Waals surface area (Å²) in [6, 6.07) is 9.23. The van der Waals surface area contributed by atoms with Crippen molar-refractivity contribution in [2.75, 3.05) is 40.4 Å². The van der Waals surface area contributed by atoms with Gasteiger partial charge >= 0.3 is 0 Å². The monoisotopic (exact) mass is 511 g/mol. The highest BCUT2D eigenvalue weighted by atomic mass is 16.5. The number of amides is 1. The van der Waals surface area contributed by atoms with Crippen molar-refractivity contribution >= 4 is 17.4 Å². The normalized spacial score (nSPS) is 17.2. The molecular weight excluding hydrogens is 472 g/mol. The number of Topliss-reactive ketones (excluding diaryl/α,β-unsaturated/α-hetero) is 1. The Kier molecular flexibility index (Phi) is 9.21. The van der Waals surface area contributed by atoms with Crippen molar-refractivity contribution in [2.45, 2.75) is 40.2 Å². The van der Waals surface area contributed by atoms with Gasteiger partial charge in [-0.15, -0.1) is 0 Å². The topological polar surface area (TPSA) is 101 Å². The molecule has 0 aromatic heterocycles. The predicted molar refractivity (Wildman–Crippen MR) is 142 cm³/mol. The van der Waals surface area contributed by atoms with E-state index in [1.54, 1.807) is 31.2 Å². The lowest BCUT2D eigenvalue weighted by Gasteiger charge is -2.26. The highest BCUT2D eigenvalue weighted by Crippen LogP contribution is 2.42. The third-order valence-electron chi connectivity index (χ3n) is 6.25. The van der Waals surface area contributed by atoms with Crippen LogP contribution in [0, 0.1) is 12.8 Å². The highest BCUT2D eigenvalue weighted by Gasteiger charge is 2.46. The Morgan fingerprint density at radius 2 is 1.84 bits per heavy atom. The van der Waals surface area contributed by atoms with Crippen molar-refractivity contribution in [3.05, 3.63) is 58.7 Å². The number of benzene rings is 2. The van der Waals surface area contributed by atoms with Gasteiger partial charge in [0.05, 0.1) is 45.5 Å². The number of aliphatic hydroxyl groups excluding tert-OH is 1. The fourth-order valence-corrected chi connectivity index (χ4v) is 4.43. The van der Waals surface area contributed by atoms with E-state index in [1.807, 2.05) is 27.1 Å². The van der Waals surface area contributed by atoms with E-state index in [0.717, 1.165) is 12.1 Å². The van der Waals surface area contributed by atoms with E-state index in [2.05, 4.69) is 13.8 Å². The summed E-state index contributed by atoms with van der Waals surface area (Å²) in [5.41, 5.74) is 1.78. The molecule has 8 heteroatoms. The van der Waals surface area contributed by atoms with E-state index < -0.39 is 17.7 Å². The minimum atomic E-state index is -0.812. The van der Waals surface area contributed by atoms with E-state index in [9.17, 15) is 19.8 Å². The minimum Gasteiger partial charge on any atom is -0.507 e. The van der Waals surface area contributed by atoms with Crippen LogP contribution in [0.4, 0.5) is 0 Å². The molecule has 37 heavy (non-hydrogen) atoms. The molecular formula is C29H39N2O6+. The molecule has 0 spiro atoms. The number of phenolic OH excluding ortho intramolecular Hbond substituents is 1. The first-order valence-corrected chi connectivity index (χ1v) is 12.8. The number of aromatic hydroxyl groups is 1. The van der Waals surface area contributed by atoms with E-state index in [4.69, 9.17) is 9.47 Å². The predicted octanol–water partition coefficient (Wildman–Crippen LogP) is 3.09. The summed E-state index contributed by atoms with van der Waals surface area (Å²) in [5, 5.41) is 21.7. The van der Waals surface area contributed by atoms with Crippen LogP contribution in [-0.4, -0.2) is 67.2 Å². The number of carbonyl (C=O) groups is 2. The zero-order chi connectivity index (χ0) is 27.3. The first-order valence-electron chi connectivity index (χ1n) is 12.8. The number of hydrogen-bond acceptors (Lipinski definition) is 6. The van der Waals surface area contributed by atoms with Crippen LogP contribution in [0.3, 0.4) is 0 Å². The van der Waals surface area contributed by atoms with Crippen LogP contribution in [0.5, 0.6) is 17.2 Å². The number of phenols is 1. The zero-order valence-corrected chi connectivity index (χ0v) is 22.6. The second-order valence-corrected chi connectivity index (χ2v) is 10.1. The summed E-state index contributed by atoms with van der Waals surface area (Å²) in [7, 11) is 4.05. The number of nitrogens with one attached hydrogen (secondary N) is 1. The number of aryl methyl sites for hydroxylation is 1. The third-order valence-corrected chi connectivity index (χ3v) is 6.25. The molecule has 0 bridgehead atoms. The molecule has 0 unspecified atom stereocenters. The molecule has 2 aromatic rings. The van der Waals surface area contributed by atoms with Crippen molar-refractivity contribution in [3.63, 3.8) is 0 Å². The van der Waals surface area contributed by atoms with Crippen molar-refractivity contribution in [3.8, 4) is 17.2 Å². The fraction of sp³-hybridized carbons (Fsp3) is 0.448. The molecule has 1 saturated heterocycles. The number of aliphatic hydroxyl groups is 1. The van der Waals surface area contributed by atoms with Crippen LogP contribution < -0.4 is 14.4 Å². The lowest BCUT2D eigenvalue weighted by atomic mass is 9.93. The molecule has 3 N–H and O–H groups in total. The van der Waals surface area contributed by atoms with Crippen LogP contribution in [0.1, 0.15) is 49.9 Å². The van der Waals surface area contributed by atoms with Gasteiger partial charge in [0.2, 0.25) is 0 Å². The molecule has 200 valence electrons. The second kappa shape index (κ2) is 12.1. The Labute approximate surface area is 219 Å². The smallest absolute Gasteiger partial charge is 0.295 e. The standard InChI is InChI=1S/C29H38N2O6/c1-7-36-24-16-20(9-12-23(24)32)26-25(28(34)29(35)31(26)14-8-13-30(5)6)27(33)22-11-10-21(15-19(22)4)37-17-18(2)3/h9-12,15-16,18,26,32-33H,7-8,13-14,17H2,1-6H3/p+1/t26-/m0/s1. The van der Waals surface area contributed by atoms with E-state index >= 15 is 0 Å². The quantitative estimate of drug-likeness (QED) is 0.244. The van der Waals surface area contributed by atoms with Gasteiger partial charge in [0.25, 0.3) is 11.7 Å². The van der Waals surface area contributed by atoms with Crippen molar-refractivity contribution in [1.29, 1.82) is 0 Å². The summed E-state index contributed by atoms with van der Waals surface area (Å²) >= 11 is 0. The average molecular weight is 512 g/mol. The van der Waals surface area contributed by atoms with Gasteiger partial charge in [0.15, 0.2) is 11.5 Å². The molecule has 1 aliphatic rings. The van der Waals surface area contributed by atoms with Crippen LogP contribution in [0.2, 0.25) is 0 Å². The second-order valence-electron chi connectivity index (χ2n) is 10.1. The van der Waals surface area contributed by atoms with Gasteiger partial charge in [-0.2, -0.15) is 0 Å². The SMILES string of the molecule is CCOc1cc([C@H]2C(=C(O)c3ccc(OCC(C)C)cc3C)C(=O)C(=O)N2CCC[NH+](C)C)ccc1O. The summed E-state index contributed by atoms with van der Waals surface area (Å²) in [4.78, 5) is 29.3. The molecule has 1 aliphatic heterocycles. The van der Waals surface area contributed by atoms with Crippen molar-refractivity contribution in [2.24, 2.45) is 5.92 Å². The molecule has 0 aliphatic carbocycles. The van der Waals surface area contributed by atoms with Crippen LogP contribution in [-0.2, 0) is 9.59 Å². The van der Waals surface area contributed by atoms with Crippen LogP contribution in [0.25, 0.3) is 5.76 Å². The van der Waals surface area contributed by atoms with Gasteiger partial charge in [-0.1, -0.05) is 19.9 Å². The largest absolute Gasteiger partial charge is 0.507 e. The molecule has 8 nitrogen and oxygen atoms in total. The Balaban J connectivity index is 2.10. The Hall–Kier alpha value is -3.52. The molecule has 2 aromatic carbocycles. The van der Waals surface area contributed by atoms with E-state index in [-0.39, 0.29) is 22.8 Å². The number of likely N-dealkylation sites (tertiary alicyclic amines) is 1. The zero-order valence-electron chi connectivity index (χ0n) is 22.6. The summed E-state index contributed by atoms with van der Waals surface area (Å²) in [6.07, 6.45) is 0.684. The number of ketones is 1. The van der Waals surface area contributed by atoms with E-state index in [0.29, 0.717) is 49.0 Å². The highest BCUT2D eigenvalue weighted by molar-refractivity contribution is 6.46. The molecule has 1 atom stereocenters. The molecule has 0 saturated carbocycles. The maximum absolute atomic E-state index is 13.3. The van der Waals surface area contributed by atoms with Gasteiger partial charge in [-0.25, -0.2) is 0 Å². The summed E-state index contributed by atoms with van der Waals surface area (Å²) in [6.45, 7) is 9.82. The lowest BCUT2D eigenvalue weighted by Crippen LogP contribution is -3.05. The molecule has 0 radical (unpaired) electrons. The number of quaternary nitrogens is 1. The van der Waals surface area contributed by atoms with Gasteiger partial charge in [0, 0.05) is 18.5 Å². The Morgan fingerprint density at radius 1 is 1.11 bits per heavy atom. The van der Waals surface area contributed by atoms with Crippen molar-refractivity contribution in [1.82, 2.24) is 4.90 Å². The lowest BCUT2D eigenvalue weighted by molar-refractivity contribution is -0.858. The van der Waals surface area contributed by atoms with Gasteiger partial charge in [-0.3, -0.25) is 9.59 Å². The van der Waals surface area contributed by atoms with Crippen LogP contribution >= 0.6 is 0 Å². The number of nitrogens with zero attached hydrogens (tertiary/aromatic N) is 1.